The number of anilines is 1. The summed E-state index contributed by atoms with van der Waals surface area (Å²) in [6.45, 7) is 3.99. The molecule has 0 aromatic heterocycles. The molecule has 1 atom stereocenters. The molecule has 1 aliphatic heterocycles. The molecule has 25 heavy (non-hydrogen) atoms. The topological polar surface area (TPSA) is 59.6 Å². The Bertz CT molecular complexity index is 703. The minimum Gasteiger partial charge on any atom is -0.490 e. The third kappa shape index (κ3) is 4.66. The van der Waals surface area contributed by atoms with Crippen LogP contribution in [0.2, 0.25) is 0 Å². The molecule has 0 bridgehead atoms. The van der Waals surface area contributed by atoms with E-state index in [1.165, 1.54) is 5.56 Å². The highest BCUT2D eigenvalue weighted by molar-refractivity contribution is 5.89. The largest absolute Gasteiger partial charge is 0.490 e. The zero-order valence-corrected chi connectivity index (χ0v) is 14.5. The van der Waals surface area contributed by atoms with E-state index in [0.29, 0.717) is 37.1 Å². The van der Waals surface area contributed by atoms with Crippen molar-refractivity contribution >= 4 is 11.7 Å². The molecule has 1 heterocycles. The molecule has 5 nitrogen and oxygen atoms in total. The Balaban J connectivity index is 1.56. The second-order valence-electron chi connectivity index (χ2n) is 6.06. The molecule has 0 aliphatic carbocycles. The van der Waals surface area contributed by atoms with Crippen LogP contribution in [-0.4, -0.2) is 25.8 Å². The van der Waals surface area contributed by atoms with Gasteiger partial charge < -0.3 is 20.1 Å². The van der Waals surface area contributed by atoms with Crippen LogP contribution in [0.5, 0.6) is 11.5 Å². The lowest BCUT2D eigenvalue weighted by molar-refractivity contribution is 0.251. The molecule has 132 valence electrons. The summed E-state index contributed by atoms with van der Waals surface area (Å²) in [5.74, 6) is 1.69. The Kier molecular flexibility index (Phi) is 5.77. The van der Waals surface area contributed by atoms with Crippen molar-refractivity contribution in [2.24, 2.45) is 0 Å². The summed E-state index contributed by atoms with van der Waals surface area (Å²) in [5, 5.41) is 5.81. The van der Waals surface area contributed by atoms with Crippen LogP contribution in [0, 0.1) is 0 Å². The average Bonchev–Trinajstić information content (AvgIpc) is 2.88. The molecule has 3 rings (SSSR count). The third-order valence-corrected chi connectivity index (χ3v) is 4.28. The maximum absolute atomic E-state index is 12.2. The van der Waals surface area contributed by atoms with E-state index in [9.17, 15) is 4.79 Å². The predicted molar refractivity (Wildman–Crippen MR) is 98.5 cm³/mol. The van der Waals surface area contributed by atoms with Gasteiger partial charge in [0.25, 0.3) is 0 Å². The Morgan fingerprint density at radius 3 is 2.60 bits per heavy atom. The molecule has 0 saturated heterocycles. The van der Waals surface area contributed by atoms with Crippen LogP contribution < -0.4 is 20.1 Å². The molecule has 2 aromatic rings. The van der Waals surface area contributed by atoms with Gasteiger partial charge in [0.2, 0.25) is 0 Å². The van der Waals surface area contributed by atoms with Crippen molar-refractivity contribution < 1.29 is 14.3 Å². The summed E-state index contributed by atoms with van der Waals surface area (Å²) in [7, 11) is 0. The van der Waals surface area contributed by atoms with E-state index in [-0.39, 0.29) is 6.03 Å². The molecule has 2 amide bonds. The van der Waals surface area contributed by atoms with Crippen molar-refractivity contribution in [1.29, 1.82) is 0 Å². The van der Waals surface area contributed by atoms with Crippen LogP contribution >= 0.6 is 0 Å². The monoisotopic (exact) mass is 340 g/mol. The van der Waals surface area contributed by atoms with Gasteiger partial charge in [0.1, 0.15) is 0 Å². The van der Waals surface area contributed by atoms with E-state index >= 15 is 0 Å². The maximum atomic E-state index is 12.2. The first-order valence-electron chi connectivity index (χ1n) is 8.75. The lowest BCUT2D eigenvalue weighted by atomic mass is 9.97. The standard InChI is InChI=1S/C20H24N2O3/c1-2-15(16-7-4-3-5-8-16)14-21-20(23)22-17-9-10-18-19(13-17)25-12-6-11-24-18/h3-5,7-10,13,15H,2,6,11-12,14H2,1H3,(H2,21,22,23). The lowest BCUT2D eigenvalue weighted by Crippen LogP contribution is -2.32. The molecule has 1 aliphatic rings. The van der Waals surface area contributed by atoms with Crippen LogP contribution in [0.3, 0.4) is 0 Å². The van der Waals surface area contributed by atoms with Gasteiger partial charge >= 0.3 is 6.03 Å². The fourth-order valence-electron chi connectivity index (χ4n) is 2.86. The summed E-state index contributed by atoms with van der Waals surface area (Å²) in [4.78, 5) is 12.2. The van der Waals surface area contributed by atoms with Crippen molar-refractivity contribution in [3.8, 4) is 11.5 Å². The SMILES string of the molecule is CCC(CNC(=O)Nc1ccc2c(c1)OCCCO2)c1ccccc1. The average molecular weight is 340 g/mol. The Labute approximate surface area is 148 Å². The molecular formula is C20H24N2O3. The zero-order chi connectivity index (χ0) is 17.5. The van der Waals surface area contributed by atoms with Gasteiger partial charge in [-0.2, -0.15) is 0 Å². The predicted octanol–water partition coefficient (Wildman–Crippen LogP) is 4.16. The Morgan fingerprint density at radius 1 is 1.08 bits per heavy atom. The van der Waals surface area contributed by atoms with Crippen LogP contribution in [0.25, 0.3) is 0 Å². The zero-order valence-electron chi connectivity index (χ0n) is 14.5. The molecule has 0 fully saturated rings. The molecule has 0 saturated carbocycles. The van der Waals surface area contributed by atoms with Gasteiger partial charge in [0.05, 0.1) is 13.2 Å². The number of urea groups is 1. The minimum absolute atomic E-state index is 0.219. The van der Waals surface area contributed by atoms with Crippen molar-refractivity contribution in [2.45, 2.75) is 25.7 Å². The first-order chi connectivity index (χ1) is 12.3. The number of carbonyl (C=O) groups excluding carboxylic acids is 1. The summed E-state index contributed by atoms with van der Waals surface area (Å²) in [5.41, 5.74) is 1.93. The fraction of sp³-hybridized carbons (Fsp3) is 0.350. The number of hydrogen-bond donors (Lipinski definition) is 2. The third-order valence-electron chi connectivity index (χ3n) is 4.28. The number of fused-ring (bicyclic) bond motifs is 1. The first-order valence-corrected chi connectivity index (χ1v) is 8.75. The number of ether oxygens (including phenoxy) is 2. The summed E-state index contributed by atoms with van der Waals surface area (Å²) < 4.78 is 11.2. The number of carbonyl (C=O) groups is 1. The molecular weight excluding hydrogens is 316 g/mol. The summed E-state index contributed by atoms with van der Waals surface area (Å²) in [6, 6.07) is 15.5. The number of rotatable bonds is 5. The van der Waals surface area contributed by atoms with Gasteiger partial charge in [-0.15, -0.1) is 0 Å². The van der Waals surface area contributed by atoms with Crippen molar-refractivity contribution in [3.63, 3.8) is 0 Å². The van der Waals surface area contributed by atoms with E-state index in [1.54, 1.807) is 6.07 Å². The number of nitrogens with one attached hydrogen (secondary N) is 2. The van der Waals surface area contributed by atoms with Crippen LogP contribution in [-0.2, 0) is 0 Å². The molecule has 1 unspecified atom stereocenters. The minimum atomic E-state index is -0.219. The quantitative estimate of drug-likeness (QED) is 0.859. The van der Waals surface area contributed by atoms with Crippen LogP contribution in [0.4, 0.5) is 10.5 Å². The number of amides is 2. The van der Waals surface area contributed by atoms with Crippen molar-refractivity contribution in [2.75, 3.05) is 25.1 Å². The van der Waals surface area contributed by atoms with E-state index in [1.807, 2.05) is 30.3 Å². The second-order valence-corrected chi connectivity index (χ2v) is 6.06. The molecule has 0 spiro atoms. The lowest BCUT2D eigenvalue weighted by Gasteiger charge is -2.17. The number of hydrogen-bond acceptors (Lipinski definition) is 3. The van der Waals surface area contributed by atoms with E-state index in [2.05, 4.69) is 29.7 Å². The molecule has 2 N–H and O–H groups in total. The maximum Gasteiger partial charge on any atom is 0.319 e. The Morgan fingerprint density at radius 2 is 1.84 bits per heavy atom. The van der Waals surface area contributed by atoms with Crippen molar-refractivity contribution in [3.05, 3.63) is 54.1 Å². The van der Waals surface area contributed by atoms with Gasteiger partial charge in [-0.1, -0.05) is 37.3 Å². The smallest absolute Gasteiger partial charge is 0.319 e. The summed E-state index contributed by atoms with van der Waals surface area (Å²) >= 11 is 0. The van der Waals surface area contributed by atoms with Gasteiger partial charge in [-0.05, 0) is 24.1 Å². The highest BCUT2D eigenvalue weighted by Crippen LogP contribution is 2.32. The molecule has 2 aromatic carbocycles. The summed E-state index contributed by atoms with van der Waals surface area (Å²) in [6.07, 6.45) is 1.82. The Hall–Kier alpha value is -2.69. The van der Waals surface area contributed by atoms with Crippen molar-refractivity contribution in [1.82, 2.24) is 5.32 Å². The first kappa shape index (κ1) is 17.1. The fourth-order valence-corrected chi connectivity index (χ4v) is 2.86. The van der Waals surface area contributed by atoms with Gasteiger partial charge in [-0.3, -0.25) is 0 Å². The van der Waals surface area contributed by atoms with E-state index < -0.39 is 0 Å². The van der Waals surface area contributed by atoms with Gasteiger partial charge in [-0.25, -0.2) is 4.79 Å². The highest BCUT2D eigenvalue weighted by atomic mass is 16.5. The van der Waals surface area contributed by atoms with Crippen LogP contribution in [0.1, 0.15) is 31.2 Å². The van der Waals surface area contributed by atoms with Gasteiger partial charge in [0.15, 0.2) is 11.5 Å². The number of benzene rings is 2. The molecule has 5 heteroatoms. The normalized spacial score (nSPS) is 14.3. The van der Waals surface area contributed by atoms with Gasteiger partial charge in [0, 0.05) is 30.6 Å². The van der Waals surface area contributed by atoms with E-state index in [0.717, 1.165) is 18.6 Å². The molecule has 0 radical (unpaired) electrons. The highest BCUT2D eigenvalue weighted by Gasteiger charge is 2.13. The van der Waals surface area contributed by atoms with Crippen LogP contribution in [0.15, 0.2) is 48.5 Å². The van der Waals surface area contributed by atoms with E-state index in [4.69, 9.17) is 9.47 Å². The second kappa shape index (κ2) is 8.42.